The summed E-state index contributed by atoms with van der Waals surface area (Å²) >= 11 is 0. The van der Waals surface area contributed by atoms with Crippen molar-refractivity contribution in [2.75, 3.05) is 6.61 Å². The second kappa shape index (κ2) is 4.07. The number of aryl methyl sites for hydroxylation is 2. The summed E-state index contributed by atoms with van der Waals surface area (Å²) in [6.45, 7) is 3.78. The molecule has 0 unspecified atom stereocenters. The number of nitrogens with zero attached hydrogens (tertiary/aromatic N) is 2. The van der Waals surface area contributed by atoms with Gasteiger partial charge in [-0.1, -0.05) is 0 Å². The average molecular weight is 182 g/mol. The van der Waals surface area contributed by atoms with Crippen LogP contribution in [0.4, 0.5) is 0 Å². The number of hydrogen-bond acceptors (Lipinski definition) is 3. The predicted molar refractivity (Wildman–Crippen MR) is 48.3 cm³/mol. The zero-order valence-electron chi connectivity index (χ0n) is 8.20. The van der Waals surface area contributed by atoms with E-state index >= 15 is 0 Å². The number of carbonyl (C=O) groups is 1. The normalized spacial score (nSPS) is 10.1. The fourth-order valence-corrected chi connectivity index (χ4v) is 1.20. The molecule has 0 aliphatic carbocycles. The van der Waals surface area contributed by atoms with Crippen LogP contribution in [-0.4, -0.2) is 22.4 Å². The Hall–Kier alpha value is -1.32. The molecule has 0 amide bonds. The van der Waals surface area contributed by atoms with Crippen LogP contribution in [0, 0.1) is 6.92 Å². The van der Waals surface area contributed by atoms with Crippen LogP contribution in [0.1, 0.15) is 18.3 Å². The van der Waals surface area contributed by atoms with Crippen molar-refractivity contribution in [3.8, 4) is 0 Å². The lowest BCUT2D eigenvalue weighted by atomic mass is 10.3. The van der Waals surface area contributed by atoms with Gasteiger partial charge in [0.15, 0.2) is 0 Å². The quantitative estimate of drug-likeness (QED) is 0.650. The van der Waals surface area contributed by atoms with E-state index in [1.807, 2.05) is 20.0 Å². The van der Waals surface area contributed by atoms with Crippen LogP contribution in [-0.2, 0) is 23.0 Å². The van der Waals surface area contributed by atoms with Gasteiger partial charge in [0.05, 0.1) is 12.3 Å². The molecule has 1 aromatic heterocycles. The molecule has 0 radical (unpaired) electrons. The second-order valence-electron chi connectivity index (χ2n) is 2.99. The topological polar surface area (TPSA) is 44.1 Å². The highest BCUT2D eigenvalue weighted by Gasteiger charge is 2.02. The number of hydrogen-bond donors (Lipinski definition) is 0. The maximum Gasteiger partial charge on any atom is 0.302 e. The van der Waals surface area contributed by atoms with E-state index in [1.165, 1.54) is 6.92 Å². The molecular formula is C9H14N2O2. The monoisotopic (exact) mass is 182 g/mol. The average Bonchev–Trinajstić information content (AvgIpc) is 2.29. The number of aromatic nitrogens is 2. The van der Waals surface area contributed by atoms with E-state index in [2.05, 4.69) is 5.10 Å². The highest BCUT2D eigenvalue weighted by Crippen LogP contribution is 2.02. The minimum Gasteiger partial charge on any atom is -0.465 e. The van der Waals surface area contributed by atoms with Crippen molar-refractivity contribution in [1.82, 2.24) is 9.78 Å². The molecule has 0 bridgehead atoms. The van der Waals surface area contributed by atoms with E-state index < -0.39 is 0 Å². The molecule has 72 valence electrons. The third-order valence-corrected chi connectivity index (χ3v) is 1.76. The van der Waals surface area contributed by atoms with Crippen LogP contribution in [0.5, 0.6) is 0 Å². The molecule has 13 heavy (non-hydrogen) atoms. The molecule has 1 heterocycles. The Bertz CT molecular complexity index is 305. The van der Waals surface area contributed by atoms with Crippen LogP contribution in [0.2, 0.25) is 0 Å². The first kappa shape index (κ1) is 9.77. The SMILES string of the molecule is CC(=O)OCCc1cc(C)nn1C. The molecule has 0 spiro atoms. The number of rotatable bonds is 3. The van der Waals surface area contributed by atoms with E-state index in [1.54, 1.807) is 4.68 Å². The Balaban J connectivity index is 2.45. The standard InChI is InChI=1S/C9H14N2O2/c1-7-6-9(11(3)10-7)4-5-13-8(2)12/h6H,4-5H2,1-3H3. The van der Waals surface area contributed by atoms with Crippen LogP contribution >= 0.6 is 0 Å². The number of ether oxygens (including phenoxy) is 1. The molecule has 1 aromatic rings. The first-order chi connectivity index (χ1) is 6.09. The third-order valence-electron chi connectivity index (χ3n) is 1.76. The zero-order valence-corrected chi connectivity index (χ0v) is 8.20. The molecule has 0 atom stereocenters. The highest BCUT2D eigenvalue weighted by atomic mass is 16.5. The van der Waals surface area contributed by atoms with Crippen LogP contribution < -0.4 is 0 Å². The fraction of sp³-hybridized carbons (Fsp3) is 0.556. The minimum atomic E-state index is -0.237. The minimum absolute atomic E-state index is 0.237. The summed E-state index contributed by atoms with van der Waals surface area (Å²) in [4.78, 5) is 10.5. The van der Waals surface area contributed by atoms with Crippen LogP contribution in [0.15, 0.2) is 6.07 Å². The van der Waals surface area contributed by atoms with Gasteiger partial charge in [-0.05, 0) is 13.0 Å². The zero-order chi connectivity index (χ0) is 9.84. The van der Waals surface area contributed by atoms with Crippen molar-refractivity contribution >= 4 is 5.97 Å². The Morgan fingerprint density at radius 1 is 1.69 bits per heavy atom. The molecule has 4 nitrogen and oxygen atoms in total. The molecule has 0 N–H and O–H groups in total. The highest BCUT2D eigenvalue weighted by molar-refractivity contribution is 5.65. The Morgan fingerprint density at radius 3 is 2.85 bits per heavy atom. The first-order valence-electron chi connectivity index (χ1n) is 4.22. The molecule has 4 heteroatoms. The first-order valence-corrected chi connectivity index (χ1v) is 4.22. The van der Waals surface area contributed by atoms with Gasteiger partial charge in [0.2, 0.25) is 0 Å². The molecule has 0 aromatic carbocycles. The van der Waals surface area contributed by atoms with E-state index in [0.29, 0.717) is 6.61 Å². The molecule has 0 aliphatic heterocycles. The Kier molecular flexibility index (Phi) is 3.06. The summed E-state index contributed by atoms with van der Waals surface area (Å²) < 4.78 is 6.63. The van der Waals surface area contributed by atoms with Crippen molar-refractivity contribution < 1.29 is 9.53 Å². The van der Waals surface area contributed by atoms with Gasteiger partial charge < -0.3 is 4.74 Å². The van der Waals surface area contributed by atoms with Crippen molar-refractivity contribution in [2.24, 2.45) is 7.05 Å². The molecular weight excluding hydrogens is 168 g/mol. The summed E-state index contributed by atoms with van der Waals surface area (Å²) in [7, 11) is 1.89. The largest absolute Gasteiger partial charge is 0.465 e. The van der Waals surface area contributed by atoms with Gasteiger partial charge in [-0.3, -0.25) is 9.48 Å². The van der Waals surface area contributed by atoms with Gasteiger partial charge in [-0.2, -0.15) is 5.10 Å². The lowest BCUT2D eigenvalue weighted by Gasteiger charge is -2.01. The predicted octanol–water partition coefficient (Wildman–Crippen LogP) is 0.834. The van der Waals surface area contributed by atoms with Gasteiger partial charge in [-0.25, -0.2) is 0 Å². The molecule has 0 saturated carbocycles. The Morgan fingerprint density at radius 2 is 2.38 bits per heavy atom. The summed E-state index contributed by atoms with van der Waals surface area (Å²) in [5.74, 6) is -0.237. The molecule has 1 rings (SSSR count). The van der Waals surface area contributed by atoms with Crippen molar-refractivity contribution in [1.29, 1.82) is 0 Å². The fourth-order valence-electron chi connectivity index (χ4n) is 1.20. The van der Waals surface area contributed by atoms with E-state index in [9.17, 15) is 4.79 Å². The molecule has 0 aliphatic rings. The van der Waals surface area contributed by atoms with Crippen LogP contribution in [0.25, 0.3) is 0 Å². The second-order valence-corrected chi connectivity index (χ2v) is 2.99. The maximum atomic E-state index is 10.5. The van der Waals surface area contributed by atoms with E-state index in [4.69, 9.17) is 4.74 Å². The lowest BCUT2D eigenvalue weighted by molar-refractivity contribution is -0.140. The molecule has 0 saturated heterocycles. The number of esters is 1. The molecule has 0 fully saturated rings. The van der Waals surface area contributed by atoms with Crippen molar-refractivity contribution in [3.63, 3.8) is 0 Å². The lowest BCUT2D eigenvalue weighted by Crippen LogP contribution is -2.06. The van der Waals surface area contributed by atoms with Gasteiger partial charge in [-0.15, -0.1) is 0 Å². The number of carbonyl (C=O) groups excluding carboxylic acids is 1. The van der Waals surface area contributed by atoms with Gasteiger partial charge in [0.1, 0.15) is 0 Å². The van der Waals surface area contributed by atoms with Crippen LogP contribution in [0.3, 0.4) is 0 Å². The summed E-state index contributed by atoms with van der Waals surface area (Å²) in [5.41, 5.74) is 2.07. The van der Waals surface area contributed by atoms with E-state index in [-0.39, 0.29) is 5.97 Å². The smallest absolute Gasteiger partial charge is 0.302 e. The van der Waals surface area contributed by atoms with Gasteiger partial charge in [0, 0.05) is 26.1 Å². The van der Waals surface area contributed by atoms with Gasteiger partial charge in [0.25, 0.3) is 0 Å². The van der Waals surface area contributed by atoms with E-state index in [0.717, 1.165) is 17.8 Å². The summed E-state index contributed by atoms with van der Waals surface area (Å²) in [6.07, 6.45) is 0.719. The summed E-state index contributed by atoms with van der Waals surface area (Å²) in [6, 6.07) is 1.99. The van der Waals surface area contributed by atoms with Gasteiger partial charge >= 0.3 is 5.97 Å². The maximum absolute atomic E-state index is 10.5. The van der Waals surface area contributed by atoms with Crippen molar-refractivity contribution in [2.45, 2.75) is 20.3 Å². The third kappa shape index (κ3) is 2.89. The summed E-state index contributed by atoms with van der Waals surface area (Å²) in [5, 5.41) is 4.19. The van der Waals surface area contributed by atoms with Crippen molar-refractivity contribution in [3.05, 3.63) is 17.5 Å². The Labute approximate surface area is 77.5 Å².